The number of carbonyl (C=O) groups excluding carboxylic acids is 1. The summed E-state index contributed by atoms with van der Waals surface area (Å²) in [4.78, 5) is 17.1. The summed E-state index contributed by atoms with van der Waals surface area (Å²) in [6.45, 7) is -0.0624. The number of carbonyl (C=O) groups is 1. The van der Waals surface area contributed by atoms with Gasteiger partial charge in [0.15, 0.2) is 0 Å². The zero-order valence-corrected chi connectivity index (χ0v) is 22.5. The lowest BCUT2D eigenvalue weighted by molar-refractivity contribution is -0.0962. The number of ether oxygens (including phenoxy) is 1. The first-order valence-corrected chi connectivity index (χ1v) is 14.4. The molecule has 4 saturated carbocycles. The van der Waals surface area contributed by atoms with Crippen molar-refractivity contribution >= 4 is 34.2 Å². The van der Waals surface area contributed by atoms with Crippen LogP contribution < -0.4 is 10.6 Å². The number of aromatic nitrogens is 1. The number of H-pyrrole nitrogens is 1. The zero-order chi connectivity index (χ0) is 26.1. The van der Waals surface area contributed by atoms with Crippen LogP contribution in [0.15, 0.2) is 60.8 Å². The molecule has 38 heavy (non-hydrogen) atoms. The van der Waals surface area contributed by atoms with Crippen LogP contribution in [0.4, 0.5) is 4.79 Å². The topological polar surface area (TPSA) is 86.4 Å². The van der Waals surface area contributed by atoms with Crippen LogP contribution in [0.1, 0.15) is 43.2 Å². The second kappa shape index (κ2) is 11.1. The van der Waals surface area contributed by atoms with Crippen molar-refractivity contribution in [1.29, 1.82) is 0 Å². The standard InChI is InChI=1S/C31H37N3O3S/c35-18-25(15-19-6-2-1-3-7-19)33-30(38)28(16-24-17-32-27-9-5-4-8-26(24)27)34-31(36)37-29-22-11-20-10-21(13-22)14-23(29)12-20/h1-9,17,20-23,25,28-29,32,35H,10-16,18H2,(H,33,38)(H,34,36). The van der Waals surface area contributed by atoms with Gasteiger partial charge in [-0.2, -0.15) is 0 Å². The second-order valence-corrected chi connectivity index (χ2v) is 12.1. The molecular weight excluding hydrogens is 494 g/mol. The number of benzene rings is 2. The normalized spacial score (nSPS) is 27.1. The Hall–Kier alpha value is -2.90. The quantitative estimate of drug-likeness (QED) is 0.287. The summed E-state index contributed by atoms with van der Waals surface area (Å²) in [5.41, 5.74) is 3.24. The predicted molar refractivity (Wildman–Crippen MR) is 153 cm³/mol. The molecule has 0 radical (unpaired) electrons. The van der Waals surface area contributed by atoms with Gasteiger partial charge in [0.2, 0.25) is 0 Å². The minimum absolute atomic E-state index is 0.0151. The lowest BCUT2D eigenvalue weighted by atomic mass is 9.55. The molecule has 1 heterocycles. The SMILES string of the molecule is O=C(NC(Cc1c[nH]c2ccccc12)C(=S)NC(CO)Cc1ccccc1)OC1C2CC3CC(C2)CC1C3. The maximum Gasteiger partial charge on any atom is 0.408 e. The third-order valence-electron chi connectivity index (χ3n) is 8.98. The maximum atomic E-state index is 13.3. The van der Waals surface area contributed by atoms with E-state index in [0.29, 0.717) is 29.7 Å². The minimum Gasteiger partial charge on any atom is -0.446 e. The van der Waals surface area contributed by atoms with Crippen LogP contribution in [0, 0.1) is 23.7 Å². The average Bonchev–Trinajstić information content (AvgIpc) is 3.33. The lowest BCUT2D eigenvalue weighted by Gasteiger charge is -2.53. The molecule has 1 aromatic heterocycles. The number of fused-ring (bicyclic) bond motifs is 1. The molecule has 200 valence electrons. The number of aliphatic hydroxyl groups is 1. The monoisotopic (exact) mass is 531 g/mol. The number of rotatable bonds is 9. The highest BCUT2D eigenvalue weighted by Gasteiger charge is 2.50. The van der Waals surface area contributed by atoms with E-state index in [1.54, 1.807) is 0 Å². The van der Waals surface area contributed by atoms with Gasteiger partial charge in [0.05, 0.1) is 23.7 Å². The number of hydrogen-bond donors (Lipinski definition) is 4. The van der Waals surface area contributed by atoms with E-state index in [2.05, 4.69) is 21.7 Å². The lowest BCUT2D eigenvalue weighted by Crippen LogP contribution is -2.54. The van der Waals surface area contributed by atoms with E-state index < -0.39 is 6.04 Å². The number of aromatic amines is 1. The third kappa shape index (κ3) is 5.45. The van der Waals surface area contributed by atoms with E-state index in [0.717, 1.165) is 33.9 Å². The molecule has 6 nitrogen and oxygen atoms in total. The summed E-state index contributed by atoms with van der Waals surface area (Å²) in [5.74, 6) is 2.65. The van der Waals surface area contributed by atoms with Gasteiger partial charge in [0, 0.05) is 23.5 Å². The molecule has 4 N–H and O–H groups in total. The molecule has 3 aromatic rings. The van der Waals surface area contributed by atoms with E-state index in [1.807, 2.05) is 54.7 Å². The molecule has 2 aromatic carbocycles. The van der Waals surface area contributed by atoms with E-state index in [9.17, 15) is 9.90 Å². The van der Waals surface area contributed by atoms with Gasteiger partial charge in [0.25, 0.3) is 0 Å². The molecule has 2 unspecified atom stereocenters. The van der Waals surface area contributed by atoms with Gasteiger partial charge in [-0.3, -0.25) is 0 Å². The van der Waals surface area contributed by atoms with Gasteiger partial charge in [-0.15, -0.1) is 0 Å². The van der Waals surface area contributed by atoms with Crippen molar-refractivity contribution in [2.24, 2.45) is 23.7 Å². The van der Waals surface area contributed by atoms with Crippen molar-refractivity contribution in [1.82, 2.24) is 15.6 Å². The van der Waals surface area contributed by atoms with Crippen LogP contribution in [0.25, 0.3) is 10.9 Å². The summed E-state index contributed by atoms with van der Waals surface area (Å²) in [6.07, 6.45) is 8.92. The average molecular weight is 532 g/mol. The summed E-state index contributed by atoms with van der Waals surface area (Å²) < 4.78 is 6.15. The van der Waals surface area contributed by atoms with Crippen molar-refractivity contribution < 1.29 is 14.6 Å². The number of alkyl carbamates (subject to hydrolysis) is 1. The number of nitrogens with one attached hydrogen (secondary N) is 3. The van der Waals surface area contributed by atoms with Gasteiger partial charge in [-0.25, -0.2) is 4.79 Å². The Bertz CT molecular complexity index is 1250. The van der Waals surface area contributed by atoms with Gasteiger partial charge < -0.3 is 25.5 Å². The van der Waals surface area contributed by atoms with Crippen LogP contribution in [0.2, 0.25) is 0 Å². The number of hydrogen-bond acceptors (Lipinski definition) is 4. The highest BCUT2D eigenvalue weighted by molar-refractivity contribution is 7.80. The first-order valence-electron chi connectivity index (χ1n) is 14.0. The van der Waals surface area contributed by atoms with Crippen LogP contribution in [0.5, 0.6) is 0 Å². The molecule has 4 aliphatic rings. The highest BCUT2D eigenvalue weighted by atomic mass is 32.1. The molecule has 7 heteroatoms. The highest BCUT2D eigenvalue weighted by Crippen LogP contribution is 2.54. The van der Waals surface area contributed by atoms with Crippen LogP contribution >= 0.6 is 12.2 Å². The van der Waals surface area contributed by atoms with Gasteiger partial charge >= 0.3 is 6.09 Å². The predicted octanol–water partition coefficient (Wildman–Crippen LogP) is 5.15. The van der Waals surface area contributed by atoms with E-state index >= 15 is 0 Å². The van der Waals surface area contributed by atoms with Crippen LogP contribution in [-0.4, -0.2) is 46.0 Å². The zero-order valence-electron chi connectivity index (χ0n) is 21.6. The molecule has 0 spiro atoms. The van der Waals surface area contributed by atoms with Gasteiger partial charge in [-0.1, -0.05) is 60.7 Å². The van der Waals surface area contributed by atoms with Gasteiger partial charge in [0.1, 0.15) is 6.10 Å². The summed E-state index contributed by atoms with van der Waals surface area (Å²) in [6, 6.07) is 17.5. The molecule has 7 rings (SSSR count). The second-order valence-electron chi connectivity index (χ2n) is 11.6. The number of para-hydroxylation sites is 1. The Labute approximate surface area is 229 Å². The Balaban J connectivity index is 1.16. The molecule has 1 amide bonds. The van der Waals surface area contributed by atoms with Crippen LogP contribution in [-0.2, 0) is 17.6 Å². The molecule has 2 atom stereocenters. The van der Waals surface area contributed by atoms with Crippen LogP contribution in [0.3, 0.4) is 0 Å². The van der Waals surface area contributed by atoms with Crippen molar-refractivity contribution in [3.8, 4) is 0 Å². The van der Waals surface area contributed by atoms with Gasteiger partial charge in [-0.05, 0) is 79.4 Å². The fourth-order valence-corrected chi connectivity index (χ4v) is 7.77. The summed E-state index contributed by atoms with van der Waals surface area (Å²) >= 11 is 5.85. The van der Waals surface area contributed by atoms with E-state index in [1.165, 1.54) is 32.1 Å². The number of aliphatic hydroxyl groups excluding tert-OH is 1. The number of amides is 1. The molecule has 4 fully saturated rings. The van der Waals surface area contributed by atoms with E-state index in [-0.39, 0.29) is 24.8 Å². The van der Waals surface area contributed by atoms with Crippen molar-refractivity contribution in [3.63, 3.8) is 0 Å². The molecule has 4 bridgehead atoms. The van der Waals surface area contributed by atoms with Crippen molar-refractivity contribution in [2.45, 2.75) is 63.1 Å². The number of thiocarbonyl (C=S) groups is 1. The first-order chi connectivity index (χ1) is 18.6. The molecule has 0 saturated heterocycles. The Kier molecular flexibility index (Phi) is 7.39. The van der Waals surface area contributed by atoms with E-state index in [4.69, 9.17) is 17.0 Å². The smallest absolute Gasteiger partial charge is 0.408 e. The minimum atomic E-state index is -0.460. The fourth-order valence-electron chi connectivity index (χ4n) is 7.46. The molecule has 0 aliphatic heterocycles. The van der Waals surface area contributed by atoms with Crippen molar-refractivity contribution in [2.75, 3.05) is 6.61 Å². The first kappa shape index (κ1) is 25.4. The Morgan fingerprint density at radius 2 is 1.63 bits per heavy atom. The Morgan fingerprint density at radius 3 is 2.34 bits per heavy atom. The Morgan fingerprint density at radius 1 is 0.947 bits per heavy atom. The van der Waals surface area contributed by atoms with Crippen molar-refractivity contribution in [3.05, 3.63) is 71.9 Å². The fraction of sp³-hybridized carbons (Fsp3) is 0.484. The molecular formula is C31H37N3O3S. The third-order valence-corrected chi connectivity index (χ3v) is 9.38. The molecule has 4 aliphatic carbocycles. The largest absolute Gasteiger partial charge is 0.446 e. The summed E-state index contributed by atoms with van der Waals surface area (Å²) in [5, 5.41) is 17.7. The summed E-state index contributed by atoms with van der Waals surface area (Å²) in [7, 11) is 0. The maximum absolute atomic E-state index is 13.3.